The second-order valence-electron chi connectivity index (χ2n) is 5.34. The number of anilines is 4. The molecular formula is C18H17IN4. The van der Waals surface area contributed by atoms with Crippen LogP contribution in [0, 0.1) is 17.4 Å². The van der Waals surface area contributed by atoms with Crippen LogP contribution in [0.3, 0.4) is 0 Å². The Bertz CT molecular complexity index is 733. The molecule has 0 atom stereocenters. The van der Waals surface area contributed by atoms with Crippen LogP contribution in [0.25, 0.3) is 0 Å². The summed E-state index contributed by atoms with van der Waals surface area (Å²) in [6, 6.07) is 18.3. The maximum atomic E-state index is 4.53. The first-order valence-corrected chi connectivity index (χ1v) is 8.38. The van der Waals surface area contributed by atoms with Gasteiger partial charge >= 0.3 is 0 Å². The van der Waals surface area contributed by atoms with Gasteiger partial charge in [-0.15, -0.1) is 0 Å². The molecule has 0 bridgehead atoms. The Kier molecular flexibility index (Phi) is 4.76. The summed E-state index contributed by atoms with van der Waals surface area (Å²) in [7, 11) is 0. The summed E-state index contributed by atoms with van der Waals surface area (Å²) < 4.78 is 1.20. The van der Waals surface area contributed by atoms with Gasteiger partial charge in [-0.3, -0.25) is 0 Å². The number of rotatable bonds is 4. The third kappa shape index (κ3) is 4.41. The first-order chi connectivity index (χ1) is 11.1. The largest absolute Gasteiger partial charge is 0.340 e. The Morgan fingerprint density at radius 3 is 2.09 bits per heavy atom. The maximum Gasteiger partial charge on any atom is 0.229 e. The van der Waals surface area contributed by atoms with Gasteiger partial charge in [0, 0.05) is 26.7 Å². The summed E-state index contributed by atoms with van der Waals surface area (Å²) in [4.78, 5) is 8.98. The first kappa shape index (κ1) is 15.7. The van der Waals surface area contributed by atoms with Crippen molar-refractivity contribution in [2.75, 3.05) is 10.6 Å². The molecule has 23 heavy (non-hydrogen) atoms. The van der Waals surface area contributed by atoms with Gasteiger partial charge in [-0.25, -0.2) is 4.98 Å². The molecule has 0 fully saturated rings. The summed E-state index contributed by atoms with van der Waals surface area (Å²) in [5.74, 6) is 1.36. The van der Waals surface area contributed by atoms with Gasteiger partial charge in [0.2, 0.25) is 5.95 Å². The fourth-order valence-electron chi connectivity index (χ4n) is 2.14. The second-order valence-corrected chi connectivity index (χ2v) is 6.59. The number of aryl methyl sites for hydroxylation is 2. The SMILES string of the molecule is Cc1ccc(Nc2nc(C)cc(Nc3ccc(I)cc3)n2)cc1. The average molecular weight is 416 g/mol. The molecule has 4 nitrogen and oxygen atoms in total. The van der Waals surface area contributed by atoms with Crippen LogP contribution >= 0.6 is 22.6 Å². The van der Waals surface area contributed by atoms with Crippen LogP contribution in [0.5, 0.6) is 0 Å². The molecule has 2 N–H and O–H groups in total. The van der Waals surface area contributed by atoms with Gasteiger partial charge in [0.25, 0.3) is 0 Å². The summed E-state index contributed by atoms with van der Waals surface area (Å²) in [6.07, 6.45) is 0. The van der Waals surface area contributed by atoms with Crippen LogP contribution < -0.4 is 10.6 Å². The van der Waals surface area contributed by atoms with Crippen molar-refractivity contribution < 1.29 is 0 Å². The highest BCUT2D eigenvalue weighted by Gasteiger charge is 2.04. The van der Waals surface area contributed by atoms with Crippen LogP contribution in [-0.2, 0) is 0 Å². The van der Waals surface area contributed by atoms with Gasteiger partial charge in [0.05, 0.1) is 0 Å². The van der Waals surface area contributed by atoms with E-state index in [0.717, 1.165) is 22.9 Å². The van der Waals surface area contributed by atoms with E-state index in [9.17, 15) is 0 Å². The van der Waals surface area contributed by atoms with E-state index >= 15 is 0 Å². The van der Waals surface area contributed by atoms with E-state index < -0.39 is 0 Å². The van der Waals surface area contributed by atoms with Crippen molar-refractivity contribution in [1.29, 1.82) is 0 Å². The molecule has 5 heteroatoms. The van der Waals surface area contributed by atoms with Crippen molar-refractivity contribution >= 4 is 45.7 Å². The van der Waals surface area contributed by atoms with Crippen LogP contribution in [0.15, 0.2) is 54.6 Å². The van der Waals surface area contributed by atoms with Gasteiger partial charge in [0.1, 0.15) is 5.82 Å². The van der Waals surface area contributed by atoms with Gasteiger partial charge in [-0.05, 0) is 72.8 Å². The van der Waals surface area contributed by atoms with Crippen LogP contribution in [0.1, 0.15) is 11.3 Å². The number of hydrogen-bond acceptors (Lipinski definition) is 4. The zero-order valence-electron chi connectivity index (χ0n) is 13.0. The third-order valence-corrected chi connectivity index (χ3v) is 4.00. The van der Waals surface area contributed by atoms with E-state index in [4.69, 9.17) is 0 Å². The molecule has 1 heterocycles. The minimum absolute atomic E-state index is 0.585. The lowest BCUT2D eigenvalue weighted by Gasteiger charge is -2.10. The minimum atomic E-state index is 0.585. The fraction of sp³-hybridized carbons (Fsp3) is 0.111. The number of nitrogens with one attached hydrogen (secondary N) is 2. The number of hydrogen-bond donors (Lipinski definition) is 2. The Morgan fingerprint density at radius 1 is 0.783 bits per heavy atom. The molecule has 0 amide bonds. The normalized spacial score (nSPS) is 10.4. The predicted molar refractivity (Wildman–Crippen MR) is 104 cm³/mol. The van der Waals surface area contributed by atoms with Gasteiger partial charge in [0.15, 0.2) is 0 Å². The van der Waals surface area contributed by atoms with Gasteiger partial charge in [-0.2, -0.15) is 4.98 Å². The smallest absolute Gasteiger partial charge is 0.229 e. The summed E-state index contributed by atoms with van der Waals surface area (Å²) in [5.41, 5.74) is 4.11. The van der Waals surface area contributed by atoms with E-state index in [1.165, 1.54) is 9.13 Å². The first-order valence-electron chi connectivity index (χ1n) is 7.30. The van der Waals surface area contributed by atoms with E-state index in [1.54, 1.807) is 0 Å². The van der Waals surface area contributed by atoms with Gasteiger partial charge < -0.3 is 10.6 Å². The quantitative estimate of drug-likeness (QED) is 0.576. The monoisotopic (exact) mass is 416 g/mol. The molecule has 0 saturated carbocycles. The Labute approximate surface area is 149 Å². The van der Waals surface area contributed by atoms with E-state index in [1.807, 2.05) is 37.3 Å². The summed E-state index contributed by atoms with van der Waals surface area (Å²) in [6.45, 7) is 4.02. The Balaban J connectivity index is 1.81. The number of benzene rings is 2. The van der Waals surface area contributed by atoms with Crippen LogP contribution in [0.2, 0.25) is 0 Å². The van der Waals surface area contributed by atoms with Crippen LogP contribution in [-0.4, -0.2) is 9.97 Å². The molecule has 1 aromatic heterocycles. The fourth-order valence-corrected chi connectivity index (χ4v) is 2.50. The minimum Gasteiger partial charge on any atom is -0.340 e. The standard InChI is InChI=1S/C18H17IN4/c1-12-3-7-16(8-4-12)22-18-20-13(2)11-17(23-18)21-15-9-5-14(19)6-10-15/h3-11H,1-2H3,(H2,20,21,22,23). The van der Waals surface area contributed by atoms with Gasteiger partial charge in [-0.1, -0.05) is 17.7 Å². The van der Waals surface area contributed by atoms with Crippen molar-refractivity contribution in [1.82, 2.24) is 9.97 Å². The average Bonchev–Trinajstić information content (AvgIpc) is 2.51. The Morgan fingerprint density at radius 2 is 1.39 bits per heavy atom. The zero-order chi connectivity index (χ0) is 16.2. The number of nitrogens with zero attached hydrogens (tertiary/aromatic N) is 2. The summed E-state index contributed by atoms with van der Waals surface area (Å²) in [5, 5.41) is 6.56. The molecule has 0 aliphatic rings. The third-order valence-electron chi connectivity index (χ3n) is 3.28. The highest BCUT2D eigenvalue weighted by molar-refractivity contribution is 14.1. The molecule has 116 valence electrons. The maximum absolute atomic E-state index is 4.53. The second kappa shape index (κ2) is 6.95. The zero-order valence-corrected chi connectivity index (χ0v) is 15.1. The molecule has 0 unspecified atom stereocenters. The number of halogens is 1. The topological polar surface area (TPSA) is 49.8 Å². The lowest BCUT2D eigenvalue weighted by Crippen LogP contribution is -2.02. The van der Waals surface area contributed by atoms with Crippen molar-refractivity contribution in [3.8, 4) is 0 Å². The van der Waals surface area contributed by atoms with E-state index in [0.29, 0.717) is 5.95 Å². The van der Waals surface area contributed by atoms with Crippen molar-refractivity contribution in [3.05, 3.63) is 69.4 Å². The highest BCUT2D eigenvalue weighted by atomic mass is 127. The predicted octanol–water partition coefficient (Wildman–Crippen LogP) is 5.19. The lowest BCUT2D eigenvalue weighted by molar-refractivity contribution is 1.11. The number of aromatic nitrogens is 2. The van der Waals surface area contributed by atoms with E-state index in [-0.39, 0.29) is 0 Å². The molecule has 2 aromatic carbocycles. The molecule has 3 aromatic rings. The van der Waals surface area contributed by atoms with Crippen molar-refractivity contribution in [2.24, 2.45) is 0 Å². The Hall–Kier alpha value is -2.15. The van der Waals surface area contributed by atoms with Crippen molar-refractivity contribution in [3.63, 3.8) is 0 Å². The highest BCUT2D eigenvalue weighted by Crippen LogP contribution is 2.20. The summed E-state index contributed by atoms with van der Waals surface area (Å²) >= 11 is 2.29. The molecule has 0 aliphatic heterocycles. The lowest BCUT2D eigenvalue weighted by atomic mass is 10.2. The molecule has 0 spiro atoms. The molecule has 0 aliphatic carbocycles. The van der Waals surface area contributed by atoms with Crippen molar-refractivity contribution in [2.45, 2.75) is 13.8 Å². The molecular weight excluding hydrogens is 399 g/mol. The van der Waals surface area contributed by atoms with E-state index in [2.05, 4.69) is 74.4 Å². The van der Waals surface area contributed by atoms with Crippen LogP contribution in [0.4, 0.5) is 23.1 Å². The molecule has 0 radical (unpaired) electrons. The molecule has 0 saturated heterocycles. The molecule has 3 rings (SSSR count).